The second kappa shape index (κ2) is 5.85. The van der Waals surface area contributed by atoms with Crippen LogP contribution in [-0.2, 0) is 0 Å². The van der Waals surface area contributed by atoms with Crippen molar-refractivity contribution >= 4 is 16.9 Å². The van der Waals surface area contributed by atoms with Crippen molar-refractivity contribution < 1.29 is 0 Å². The van der Waals surface area contributed by atoms with Gasteiger partial charge in [0.1, 0.15) is 0 Å². The van der Waals surface area contributed by atoms with Crippen LogP contribution in [0, 0.1) is 0 Å². The molecule has 0 radical (unpaired) electrons. The van der Waals surface area contributed by atoms with Crippen LogP contribution in [0.1, 0.15) is 19.3 Å². The Kier molecular flexibility index (Phi) is 3.48. The summed E-state index contributed by atoms with van der Waals surface area (Å²) in [6.45, 7) is 2.09. The number of nitrogens with one attached hydrogen (secondary N) is 1. The summed E-state index contributed by atoms with van der Waals surface area (Å²) in [7, 11) is 2.27. The van der Waals surface area contributed by atoms with E-state index in [1.807, 2.05) is 18.6 Å². The number of aromatic amines is 1. The van der Waals surface area contributed by atoms with Crippen LogP contribution < -0.4 is 4.90 Å². The Morgan fingerprint density at radius 2 is 1.76 bits per heavy atom. The number of hydrogen-bond donors (Lipinski definition) is 1. The highest BCUT2D eigenvalue weighted by Crippen LogP contribution is 2.29. The predicted molar refractivity (Wildman–Crippen MR) is 101 cm³/mol. The lowest BCUT2D eigenvalue weighted by atomic mass is 9.92. The van der Waals surface area contributed by atoms with Crippen LogP contribution in [0.25, 0.3) is 22.0 Å². The Labute approximate surface area is 147 Å². The van der Waals surface area contributed by atoms with Gasteiger partial charge in [0, 0.05) is 54.8 Å². The van der Waals surface area contributed by atoms with E-state index in [1.54, 1.807) is 0 Å². The van der Waals surface area contributed by atoms with Gasteiger partial charge in [-0.15, -0.1) is 0 Å². The summed E-state index contributed by atoms with van der Waals surface area (Å²) in [5.74, 6) is 0.872. The first-order chi connectivity index (χ1) is 12.3. The molecule has 4 heterocycles. The van der Waals surface area contributed by atoms with Crippen molar-refractivity contribution in [3.8, 4) is 11.1 Å². The number of hydrogen-bond acceptors (Lipinski definition) is 4. The predicted octanol–water partition coefficient (Wildman–Crippen LogP) is 3.30. The Morgan fingerprint density at radius 1 is 1.00 bits per heavy atom. The number of H-pyrrole nitrogens is 1. The van der Waals surface area contributed by atoms with Crippen LogP contribution in [0.3, 0.4) is 0 Å². The van der Waals surface area contributed by atoms with Crippen molar-refractivity contribution in [3.05, 3.63) is 42.9 Å². The third-order valence-electron chi connectivity index (χ3n) is 5.90. The lowest BCUT2D eigenvalue weighted by Crippen LogP contribution is -2.59. The average molecular weight is 333 g/mol. The fourth-order valence-electron chi connectivity index (χ4n) is 4.35. The molecule has 3 aromatic rings. The molecule has 2 aromatic heterocycles. The van der Waals surface area contributed by atoms with Gasteiger partial charge in [-0.3, -0.25) is 4.90 Å². The van der Waals surface area contributed by atoms with E-state index >= 15 is 0 Å². The van der Waals surface area contributed by atoms with E-state index in [0.717, 1.165) is 35.7 Å². The first-order valence-electron chi connectivity index (χ1n) is 9.14. The molecule has 2 saturated heterocycles. The van der Waals surface area contributed by atoms with E-state index in [0.29, 0.717) is 12.1 Å². The minimum Gasteiger partial charge on any atom is -0.361 e. The van der Waals surface area contributed by atoms with Crippen molar-refractivity contribution in [1.82, 2.24) is 19.9 Å². The summed E-state index contributed by atoms with van der Waals surface area (Å²) in [5, 5.41) is 1.22. The lowest BCUT2D eigenvalue weighted by Gasteiger charge is -2.48. The molecule has 25 heavy (non-hydrogen) atoms. The third-order valence-corrected chi connectivity index (χ3v) is 5.90. The van der Waals surface area contributed by atoms with Gasteiger partial charge in [-0.1, -0.05) is 12.5 Å². The SMILES string of the molecule is CN1C2CCCC1CN(c1ncc(-c3ccc4[nH]ccc4c3)cn1)C2. The fraction of sp³-hybridized carbons (Fsp3) is 0.400. The van der Waals surface area contributed by atoms with Crippen LogP contribution >= 0.6 is 0 Å². The minimum absolute atomic E-state index is 0.645. The number of aromatic nitrogens is 3. The number of piperidine rings is 1. The minimum atomic E-state index is 0.645. The van der Waals surface area contributed by atoms with Gasteiger partial charge in [0.25, 0.3) is 0 Å². The van der Waals surface area contributed by atoms with Crippen molar-refractivity contribution in [1.29, 1.82) is 0 Å². The van der Waals surface area contributed by atoms with Crippen LogP contribution in [0.15, 0.2) is 42.9 Å². The fourth-order valence-corrected chi connectivity index (χ4v) is 4.35. The number of rotatable bonds is 2. The molecule has 2 aliphatic rings. The summed E-state index contributed by atoms with van der Waals surface area (Å²) in [4.78, 5) is 17.5. The highest BCUT2D eigenvalue weighted by Gasteiger charge is 2.35. The molecule has 0 amide bonds. The van der Waals surface area contributed by atoms with Gasteiger partial charge >= 0.3 is 0 Å². The van der Waals surface area contributed by atoms with Crippen LogP contribution in [0.2, 0.25) is 0 Å². The molecule has 128 valence electrons. The maximum atomic E-state index is 4.69. The molecule has 2 atom stereocenters. The van der Waals surface area contributed by atoms with Gasteiger partial charge in [-0.2, -0.15) is 0 Å². The van der Waals surface area contributed by atoms with Crippen LogP contribution in [0.5, 0.6) is 0 Å². The van der Waals surface area contributed by atoms with Crippen LogP contribution in [-0.4, -0.2) is 52.1 Å². The second-order valence-electron chi connectivity index (χ2n) is 7.36. The second-order valence-corrected chi connectivity index (χ2v) is 7.36. The summed E-state index contributed by atoms with van der Waals surface area (Å²) in [6.07, 6.45) is 9.83. The topological polar surface area (TPSA) is 48.0 Å². The van der Waals surface area contributed by atoms with E-state index < -0.39 is 0 Å². The van der Waals surface area contributed by atoms with Crippen molar-refractivity contribution in [2.45, 2.75) is 31.3 Å². The largest absolute Gasteiger partial charge is 0.361 e. The zero-order valence-electron chi connectivity index (χ0n) is 14.5. The van der Waals surface area contributed by atoms with Gasteiger partial charge in [-0.25, -0.2) is 9.97 Å². The molecular formula is C20H23N5. The van der Waals surface area contributed by atoms with E-state index in [1.165, 1.54) is 24.6 Å². The van der Waals surface area contributed by atoms with Gasteiger partial charge in [0.05, 0.1) is 0 Å². The molecule has 2 bridgehead atoms. The van der Waals surface area contributed by atoms with Crippen molar-refractivity contribution in [3.63, 3.8) is 0 Å². The van der Waals surface area contributed by atoms with Crippen molar-refractivity contribution in [2.24, 2.45) is 0 Å². The zero-order valence-corrected chi connectivity index (χ0v) is 14.5. The molecule has 5 nitrogen and oxygen atoms in total. The monoisotopic (exact) mass is 333 g/mol. The van der Waals surface area contributed by atoms with Gasteiger partial charge in [-0.05, 0) is 49.0 Å². The van der Waals surface area contributed by atoms with Crippen molar-refractivity contribution in [2.75, 3.05) is 25.0 Å². The Morgan fingerprint density at radius 3 is 2.52 bits per heavy atom. The van der Waals surface area contributed by atoms with Gasteiger partial charge in [0.15, 0.2) is 0 Å². The lowest BCUT2D eigenvalue weighted by molar-refractivity contribution is 0.0943. The third kappa shape index (κ3) is 2.59. The number of piperazine rings is 1. The van der Waals surface area contributed by atoms with E-state index in [4.69, 9.17) is 0 Å². The van der Waals surface area contributed by atoms with E-state index in [2.05, 4.69) is 56.1 Å². The maximum Gasteiger partial charge on any atom is 0.225 e. The standard InChI is InChI=1S/C20H23N5/c1-24-17-3-2-4-18(24)13-25(12-17)20-22-10-16(11-23-20)14-5-6-19-15(9-14)7-8-21-19/h5-11,17-18,21H,2-4,12-13H2,1H3. The average Bonchev–Trinajstić information content (AvgIpc) is 3.09. The highest BCUT2D eigenvalue weighted by molar-refractivity contribution is 5.84. The summed E-state index contributed by atoms with van der Waals surface area (Å²) >= 11 is 0. The number of benzene rings is 1. The zero-order chi connectivity index (χ0) is 16.8. The molecule has 5 heteroatoms. The molecule has 1 aromatic carbocycles. The summed E-state index contributed by atoms with van der Waals surface area (Å²) in [6, 6.07) is 9.80. The first kappa shape index (κ1) is 14.9. The Bertz CT molecular complexity index is 870. The Hall–Kier alpha value is -2.40. The molecule has 0 saturated carbocycles. The summed E-state index contributed by atoms with van der Waals surface area (Å²) < 4.78 is 0. The van der Waals surface area contributed by atoms with E-state index in [9.17, 15) is 0 Å². The molecular weight excluding hydrogens is 310 g/mol. The quantitative estimate of drug-likeness (QED) is 0.782. The number of anilines is 1. The molecule has 0 aliphatic carbocycles. The molecule has 0 spiro atoms. The summed E-state index contributed by atoms with van der Waals surface area (Å²) in [5.41, 5.74) is 3.39. The molecule has 5 rings (SSSR count). The number of fused-ring (bicyclic) bond motifs is 3. The van der Waals surface area contributed by atoms with Crippen LogP contribution in [0.4, 0.5) is 5.95 Å². The molecule has 2 aliphatic heterocycles. The van der Waals surface area contributed by atoms with E-state index in [-0.39, 0.29) is 0 Å². The Balaban J connectivity index is 1.39. The first-order valence-corrected chi connectivity index (χ1v) is 9.14. The number of nitrogens with zero attached hydrogens (tertiary/aromatic N) is 4. The highest BCUT2D eigenvalue weighted by atomic mass is 15.3. The normalized spacial score (nSPS) is 24.0. The van der Waals surface area contributed by atoms with Gasteiger partial charge < -0.3 is 9.88 Å². The smallest absolute Gasteiger partial charge is 0.225 e. The number of likely N-dealkylation sites (N-methyl/N-ethyl adjacent to an activating group) is 1. The molecule has 2 fully saturated rings. The molecule has 1 N–H and O–H groups in total. The maximum absolute atomic E-state index is 4.69. The molecule has 2 unspecified atom stereocenters. The van der Waals surface area contributed by atoms with Gasteiger partial charge in [0.2, 0.25) is 5.95 Å².